The van der Waals surface area contributed by atoms with Gasteiger partial charge in [0.15, 0.2) is 8.24 Å². The summed E-state index contributed by atoms with van der Waals surface area (Å²) in [6.45, 7) is 9.04. The topological polar surface area (TPSA) is 12.4 Å². The molecular formula is C7H18Br2NPSi. The highest BCUT2D eigenvalue weighted by atomic mass is 79.9. The predicted molar refractivity (Wildman–Crippen MR) is 70.3 cm³/mol. The Hall–Kier alpha value is 1.41. The zero-order valence-corrected chi connectivity index (χ0v) is 13.3. The van der Waals surface area contributed by atoms with Crippen molar-refractivity contribution < 1.29 is 0 Å². The molecule has 12 heavy (non-hydrogen) atoms. The molecule has 0 unspecified atom stereocenters. The van der Waals surface area contributed by atoms with E-state index in [0.717, 1.165) is 0 Å². The van der Waals surface area contributed by atoms with E-state index < -0.39 is 12.7 Å². The lowest BCUT2D eigenvalue weighted by molar-refractivity contribution is 0.894. The van der Waals surface area contributed by atoms with Crippen LogP contribution in [0.5, 0.6) is 0 Å². The third-order valence-corrected chi connectivity index (χ3v) is 10.6. The molecule has 5 heteroatoms. The Morgan fingerprint density at radius 1 is 1.25 bits per heavy atom. The summed E-state index contributed by atoms with van der Waals surface area (Å²) in [5, 5.41) is 0. The number of hydrogen-bond donors (Lipinski definition) is 0. The van der Waals surface area contributed by atoms with Gasteiger partial charge in [-0.2, -0.15) is 0 Å². The molecule has 0 aromatic heterocycles. The summed E-state index contributed by atoms with van der Waals surface area (Å²) < 4.78 is 3.59. The fourth-order valence-electron chi connectivity index (χ4n) is 0.837. The van der Waals surface area contributed by atoms with E-state index >= 15 is 0 Å². The zero-order chi connectivity index (χ0) is 9.83. The second kappa shape index (κ2) is 5.33. The second-order valence-corrected chi connectivity index (χ2v) is 20.6. The van der Waals surface area contributed by atoms with E-state index in [1.165, 1.54) is 19.0 Å². The molecule has 0 amide bonds. The van der Waals surface area contributed by atoms with Crippen LogP contribution in [0.25, 0.3) is 0 Å². The van der Waals surface area contributed by atoms with Gasteiger partial charge in [0.1, 0.15) is 0 Å². The molecule has 0 fully saturated rings. The minimum atomic E-state index is -1.27. The molecule has 0 radical (unpaired) electrons. The third kappa shape index (κ3) is 8.03. The largest absolute Gasteiger partial charge is 0.319 e. The van der Waals surface area contributed by atoms with Crippen LogP contribution in [-0.4, -0.2) is 14.4 Å². The van der Waals surface area contributed by atoms with Crippen LogP contribution in [0.3, 0.4) is 0 Å². The Morgan fingerprint density at radius 3 is 2.08 bits per heavy atom. The van der Waals surface area contributed by atoms with E-state index in [2.05, 4.69) is 57.5 Å². The van der Waals surface area contributed by atoms with Crippen molar-refractivity contribution in [2.45, 2.75) is 39.4 Å². The number of nitrogens with zero attached hydrogens (tertiary/aromatic N) is 1. The zero-order valence-electron chi connectivity index (χ0n) is 8.27. The first kappa shape index (κ1) is 13.4. The quantitative estimate of drug-likeness (QED) is 0.479. The molecule has 0 N–H and O–H groups in total. The van der Waals surface area contributed by atoms with Gasteiger partial charge in [-0.15, -0.1) is 0 Å². The Labute approximate surface area is 93.3 Å². The van der Waals surface area contributed by atoms with Crippen molar-refractivity contribution in [3.63, 3.8) is 0 Å². The van der Waals surface area contributed by atoms with Crippen LogP contribution in [0.4, 0.5) is 0 Å². The lowest BCUT2D eigenvalue weighted by Gasteiger charge is -2.17. The van der Waals surface area contributed by atoms with Gasteiger partial charge in [-0.3, -0.25) is 0 Å². The van der Waals surface area contributed by atoms with Crippen molar-refractivity contribution in [2.75, 3.05) is 6.16 Å². The first-order valence-corrected chi connectivity index (χ1v) is 13.7. The molecule has 1 nitrogen and oxygen atoms in total. The molecule has 0 aliphatic heterocycles. The molecule has 74 valence electrons. The van der Waals surface area contributed by atoms with Gasteiger partial charge < -0.3 is 4.41 Å². The third-order valence-electron chi connectivity index (χ3n) is 1.23. The predicted octanol–water partition coefficient (Wildman–Crippen LogP) is 5.44. The molecule has 0 aliphatic carbocycles. The van der Waals surface area contributed by atoms with Gasteiger partial charge in [0.2, 0.25) is 0 Å². The maximum absolute atomic E-state index is 4.86. The fourth-order valence-corrected chi connectivity index (χ4v) is 15.5. The summed E-state index contributed by atoms with van der Waals surface area (Å²) in [7, 11) is -1.26. The summed E-state index contributed by atoms with van der Waals surface area (Å²) >= 11 is 7.43. The van der Waals surface area contributed by atoms with Crippen LogP contribution in [0.2, 0.25) is 19.6 Å². The van der Waals surface area contributed by atoms with Gasteiger partial charge in [0, 0.05) is 6.16 Å². The summed E-state index contributed by atoms with van der Waals surface area (Å²) in [5.74, 6) is 0. The van der Waals surface area contributed by atoms with Crippen molar-refractivity contribution in [2.24, 2.45) is 4.41 Å². The lowest BCUT2D eigenvalue weighted by Crippen LogP contribution is -2.15. The normalized spacial score (nSPS) is 13.2. The molecule has 0 bridgehead atoms. The van der Waals surface area contributed by atoms with E-state index in [9.17, 15) is 0 Å². The Balaban J connectivity index is 4.28. The maximum atomic E-state index is 4.86. The van der Waals surface area contributed by atoms with Crippen molar-refractivity contribution in [1.82, 2.24) is 0 Å². The van der Waals surface area contributed by atoms with Crippen LogP contribution in [-0.2, 0) is 0 Å². The molecule has 0 aromatic rings. The first-order valence-electron chi connectivity index (χ1n) is 4.29. The molecule has 0 aliphatic rings. The molecule has 0 rings (SSSR count). The van der Waals surface area contributed by atoms with Crippen LogP contribution in [0.15, 0.2) is 4.41 Å². The smallest absolute Gasteiger partial charge is 0.172 e. The van der Waals surface area contributed by atoms with Crippen molar-refractivity contribution >= 4 is 43.7 Å². The van der Waals surface area contributed by atoms with Gasteiger partial charge >= 0.3 is 0 Å². The van der Waals surface area contributed by atoms with Gasteiger partial charge in [-0.05, 0) is 37.4 Å². The van der Waals surface area contributed by atoms with Gasteiger partial charge in [0.05, 0.1) is 4.46 Å². The van der Waals surface area contributed by atoms with Gasteiger partial charge in [0.25, 0.3) is 0 Å². The highest BCUT2D eigenvalue weighted by Gasteiger charge is 2.17. The average molecular weight is 335 g/mol. The lowest BCUT2D eigenvalue weighted by atomic mass is 10.4. The first-order chi connectivity index (χ1) is 5.27. The van der Waals surface area contributed by atoms with E-state index in [0.29, 0.717) is 0 Å². The van der Waals surface area contributed by atoms with Gasteiger partial charge in [-0.1, -0.05) is 33.0 Å². The van der Waals surface area contributed by atoms with Crippen LogP contribution in [0, 0.1) is 0 Å². The van der Waals surface area contributed by atoms with Crippen LogP contribution in [0.1, 0.15) is 19.8 Å². The van der Waals surface area contributed by atoms with Crippen LogP contribution >= 0.6 is 35.4 Å². The summed E-state index contributed by atoms with van der Waals surface area (Å²) in [5.41, 5.74) is 0. The van der Waals surface area contributed by atoms with Gasteiger partial charge in [-0.25, -0.2) is 0 Å². The Kier molecular flexibility index (Phi) is 5.95. The number of rotatable bonds is 4. The van der Waals surface area contributed by atoms with E-state index in [1.807, 2.05) is 0 Å². The Morgan fingerprint density at radius 2 is 1.75 bits per heavy atom. The standard InChI is InChI=1S/C7H18Br2NPSi/c1-5-6-7-11(8,9)10-12(2,3)4/h5-7H2,1-4H3. The minimum Gasteiger partial charge on any atom is -0.319 e. The minimum absolute atomic E-state index is 1.19. The number of unbranched alkanes of at least 4 members (excludes halogenated alkanes) is 1. The SMILES string of the molecule is CCCCP(Br)(Br)=N[Si](C)(C)C. The molecule has 0 spiro atoms. The molecule has 0 saturated carbocycles. The van der Waals surface area contributed by atoms with E-state index in [1.54, 1.807) is 0 Å². The van der Waals surface area contributed by atoms with Crippen LogP contribution < -0.4 is 0 Å². The number of halogens is 2. The monoisotopic (exact) mass is 333 g/mol. The second-order valence-electron chi connectivity index (χ2n) is 3.94. The van der Waals surface area contributed by atoms with E-state index in [4.69, 9.17) is 4.41 Å². The number of hydrogen-bond acceptors (Lipinski definition) is 1. The molecule has 0 saturated heterocycles. The summed E-state index contributed by atoms with van der Waals surface area (Å²) in [6, 6.07) is 0. The molecule has 0 atom stereocenters. The fraction of sp³-hybridized carbons (Fsp3) is 1.00. The highest BCUT2D eigenvalue weighted by Crippen LogP contribution is 2.66. The molecule has 0 aromatic carbocycles. The van der Waals surface area contributed by atoms with Crippen molar-refractivity contribution in [1.29, 1.82) is 0 Å². The summed E-state index contributed by atoms with van der Waals surface area (Å²) in [4.78, 5) is 0. The van der Waals surface area contributed by atoms with E-state index in [-0.39, 0.29) is 0 Å². The highest BCUT2D eigenvalue weighted by molar-refractivity contribution is 9.71. The average Bonchev–Trinajstić information content (AvgIpc) is 1.78. The maximum Gasteiger partial charge on any atom is 0.172 e. The van der Waals surface area contributed by atoms with Crippen molar-refractivity contribution in [3.05, 3.63) is 0 Å². The molecular weight excluding hydrogens is 317 g/mol. The van der Waals surface area contributed by atoms with Crippen molar-refractivity contribution in [3.8, 4) is 0 Å². The molecule has 0 heterocycles. The Bertz CT molecular complexity index is 182. The summed E-state index contributed by atoms with van der Waals surface area (Å²) in [6.07, 6.45) is 3.70.